The zero-order valence-electron chi connectivity index (χ0n) is 10.4. The molecule has 0 radical (unpaired) electrons. The van der Waals surface area contributed by atoms with E-state index in [1.54, 1.807) is 17.4 Å². The summed E-state index contributed by atoms with van der Waals surface area (Å²) in [5, 5.41) is 5.13. The van der Waals surface area contributed by atoms with Gasteiger partial charge < -0.3 is 11.1 Å². The van der Waals surface area contributed by atoms with Gasteiger partial charge in [0.25, 0.3) is 0 Å². The third kappa shape index (κ3) is 3.25. The van der Waals surface area contributed by atoms with Crippen molar-refractivity contribution in [3.05, 3.63) is 40.6 Å². The van der Waals surface area contributed by atoms with Gasteiger partial charge in [-0.05, 0) is 36.7 Å². The molecule has 0 aliphatic rings. The number of benzene rings is 1. The second-order valence-corrected chi connectivity index (χ2v) is 6.81. The third-order valence-corrected chi connectivity index (χ3v) is 4.93. The van der Waals surface area contributed by atoms with Crippen molar-refractivity contribution in [1.29, 1.82) is 0 Å². The van der Waals surface area contributed by atoms with Gasteiger partial charge in [-0.15, -0.1) is 11.3 Å². The largest absolute Gasteiger partial charge is 0.397 e. The minimum absolute atomic E-state index is 0.192. The Balaban J connectivity index is 2.22. The topological polar surface area (TPSA) is 84.2 Å². The fraction of sp³-hybridized carbons (Fsp3) is 0.167. The Bertz CT molecular complexity index is 652. The van der Waals surface area contributed by atoms with Gasteiger partial charge in [0.2, 0.25) is 10.0 Å². The molecular formula is C12H15N3O2S2. The smallest absolute Gasteiger partial charge is 0.240 e. The Kier molecular flexibility index (Phi) is 4.08. The Morgan fingerprint density at radius 2 is 2.11 bits per heavy atom. The van der Waals surface area contributed by atoms with E-state index in [9.17, 15) is 8.42 Å². The molecule has 2 aromatic rings. The fourth-order valence-electron chi connectivity index (χ4n) is 1.57. The van der Waals surface area contributed by atoms with Gasteiger partial charge in [0.1, 0.15) is 0 Å². The summed E-state index contributed by atoms with van der Waals surface area (Å²) in [6, 6.07) is 8.57. The molecule has 2 rings (SSSR count). The third-order valence-electron chi connectivity index (χ3n) is 2.64. The molecule has 1 aromatic heterocycles. The van der Waals surface area contributed by atoms with Gasteiger partial charge in [-0.1, -0.05) is 6.07 Å². The van der Waals surface area contributed by atoms with E-state index in [-0.39, 0.29) is 4.90 Å². The highest BCUT2D eigenvalue weighted by Gasteiger charge is 2.13. The molecule has 4 N–H and O–H groups in total. The predicted molar refractivity (Wildman–Crippen MR) is 78.7 cm³/mol. The molecule has 0 spiro atoms. The van der Waals surface area contributed by atoms with Crippen LogP contribution in [0.15, 0.2) is 40.6 Å². The molecule has 0 saturated carbocycles. The lowest BCUT2D eigenvalue weighted by atomic mass is 10.2. The second kappa shape index (κ2) is 5.60. The van der Waals surface area contributed by atoms with Crippen molar-refractivity contribution in [2.24, 2.45) is 0 Å². The lowest BCUT2D eigenvalue weighted by Gasteiger charge is -2.10. The summed E-state index contributed by atoms with van der Waals surface area (Å²) in [5.74, 6) is 0. The zero-order chi connectivity index (χ0) is 13.9. The lowest BCUT2D eigenvalue weighted by molar-refractivity contribution is 0.588. The summed E-state index contributed by atoms with van der Waals surface area (Å²) in [6.07, 6.45) is 0. The van der Waals surface area contributed by atoms with Crippen LogP contribution in [0.3, 0.4) is 0 Å². The Hall–Kier alpha value is -1.57. The van der Waals surface area contributed by atoms with E-state index in [2.05, 4.69) is 10.0 Å². The maximum absolute atomic E-state index is 11.7. The SMILES string of the molecule is CNS(=O)(=O)c1ccc(N)c(NCc2cccs2)c1. The summed E-state index contributed by atoms with van der Waals surface area (Å²) in [7, 11) is -2.07. The number of thiophene rings is 1. The summed E-state index contributed by atoms with van der Waals surface area (Å²) < 4.78 is 25.7. The Labute approximate surface area is 116 Å². The van der Waals surface area contributed by atoms with Crippen LogP contribution in [-0.2, 0) is 16.6 Å². The number of nitrogen functional groups attached to an aromatic ring is 1. The maximum Gasteiger partial charge on any atom is 0.240 e. The molecule has 0 amide bonds. The van der Waals surface area contributed by atoms with Crippen molar-refractivity contribution in [1.82, 2.24) is 4.72 Å². The van der Waals surface area contributed by atoms with Crippen molar-refractivity contribution in [2.75, 3.05) is 18.1 Å². The van der Waals surface area contributed by atoms with Gasteiger partial charge in [-0.2, -0.15) is 0 Å². The van der Waals surface area contributed by atoms with E-state index in [0.29, 0.717) is 17.9 Å². The monoisotopic (exact) mass is 297 g/mol. The van der Waals surface area contributed by atoms with Crippen molar-refractivity contribution in [3.8, 4) is 0 Å². The minimum Gasteiger partial charge on any atom is -0.397 e. The number of hydrogen-bond donors (Lipinski definition) is 3. The highest BCUT2D eigenvalue weighted by Crippen LogP contribution is 2.23. The first kappa shape index (κ1) is 13.9. The van der Waals surface area contributed by atoms with Crippen LogP contribution in [0.1, 0.15) is 4.88 Å². The number of sulfonamides is 1. The van der Waals surface area contributed by atoms with Gasteiger partial charge >= 0.3 is 0 Å². The number of hydrogen-bond acceptors (Lipinski definition) is 5. The van der Waals surface area contributed by atoms with Crippen LogP contribution in [0, 0.1) is 0 Å². The van der Waals surface area contributed by atoms with Crippen LogP contribution in [0.4, 0.5) is 11.4 Å². The molecule has 0 bridgehead atoms. The van der Waals surface area contributed by atoms with Crippen LogP contribution in [0.25, 0.3) is 0 Å². The Morgan fingerprint density at radius 3 is 2.74 bits per heavy atom. The van der Waals surface area contributed by atoms with E-state index in [1.807, 2.05) is 17.5 Å². The summed E-state index contributed by atoms with van der Waals surface area (Å²) >= 11 is 1.63. The van der Waals surface area contributed by atoms with Crippen LogP contribution >= 0.6 is 11.3 Å². The number of anilines is 2. The minimum atomic E-state index is -3.45. The van der Waals surface area contributed by atoms with Gasteiger partial charge in [0, 0.05) is 11.4 Å². The standard InChI is InChI=1S/C12H15N3O2S2/c1-14-19(16,17)10-4-5-11(13)12(7-10)15-8-9-3-2-6-18-9/h2-7,14-15H,8,13H2,1H3. The predicted octanol–water partition coefficient (Wildman–Crippen LogP) is 1.85. The molecule has 0 saturated heterocycles. The van der Waals surface area contributed by atoms with Gasteiger partial charge in [-0.25, -0.2) is 13.1 Å². The molecule has 7 heteroatoms. The molecule has 0 fully saturated rings. The molecular weight excluding hydrogens is 282 g/mol. The first-order valence-corrected chi connectivity index (χ1v) is 7.98. The van der Waals surface area contributed by atoms with E-state index in [4.69, 9.17) is 5.73 Å². The highest BCUT2D eigenvalue weighted by molar-refractivity contribution is 7.89. The molecule has 1 aromatic carbocycles. The first-order chi connectivity index (χ1) is 9.03. The molecule has 5 nitrogen and oxygen atoms in total. The molecule has 0 atom stereocenters. The summed E-state index contributed by atoms with van der Waals surface area (Å²) in [5.41, 5.74) is 6.97. The fourth-order valence-corrected chi connectivity index (χ4v) is 2.97. The number of rotatable bonds is 5. The molecule has 0 unspecified atom stereocenters. The molecule has 0 aliphatic carbocycles. The van der Waals surface area contributed by atoms with Crippen LogP contribution in [-0.4, -0.2) is 15.5 Å². The molecule has 102 valence electrons. The van der Waals surface area contributed by atoms with E-state index in [0.717, 1.165) is 4.88 Å². The zero-order valence-corrected chi connectivity index (χ0v) is 12.0. The summed E-state index contributed by atoms with van der Waals surface area (Å²) in [6.45, 7) is 0.616. The van der Waals surface area contributed by atoms with Gasteiger partial charge in [-0.3, -0.25) is 0 Å². The van der Waals surface area contributed by atoms with Crippen LogP contribution in [0.5, 0.6) is 0 Å². The average Bonchev–Trinajstić information content (AvgIpc) is 2.90. The number of nitrogens with one attached hydrogen (secondary N) is 2. The summed E-state index contributed by atoms with van der Waals surface area (Å²) in [4.78, 5) is 1.35. The Morgan fingerprint density at radius 1 is 1.32 bits per heavy atom. The van der Waals surface area contributed by atoms with Crippen LogP contribution in [0.2, 0.25) is 0 Å². The molecule has 19 heavy (non-hydrogen) atoms. The van der Waals surface area contributed by atoms with Gasteiger partial charge in [0.15, 0.2) is 0 Å². The number of nitrogens with two attached hydrogens (primary N) is 1. The normalized spacial score (nSPS) is 11.4. The van der Waals surface area contributed by atoms with Gasteiger partial charge in [0.05, 0.1) is 16.3 Å². The van der Waals surface area contributed by atoms with Crippen LogP contribution < -0.4 is 15.8 Å². The lowest BCUT2D eigenvalue weighted by Crippen LogP contribution is -2.18. The van der Waals surface area contributed by atoms with Crippen molar-refractivity contribution in [2.45, 2.75) is 11.4 Å². The van der Waals surface area contributed by atoms with E-state index in [1.165, 1.54) is 19.2 Å². The van der Waals surface area contributed by atoms with Crippen molar-refractivity contribution < 1.29 is 8.42 Å². The molecule has 0 aliphatic heterocycles. The van der Waals surface area contributed by atoms with E-state index < -0.39 is 10.0 Å². The maximum atomic E-state index is 11.7. The molecule has 1 heterocycles. The quantitative estimate of drug-likeness (QED) is 0.735. The first-order valence-electron chi connectivity index (χ1n) is 5.62. The van der Waals surface area contributed by atoms with Crippen molar-refractivity contribution in [3.63, 3.8) is 0 Å². The van der Waals surface area contributed by atoms with Crippen molar-refractivity contribution >= 4 is 32.7 Å². The highest BCUT2D eigenvalue weighted by atomic mass is 32.2. The van der Waals surface area contributed by atoms with E-state index >= 15 is 0 Å². The second-order valence-electron chi connectivity index (χ2n) is 3.89. The average molecular weight is 297 g/mol.